The molecule has 0 unspecified atom stereocenters. The molecule has 78 valence electrons. The van der Waals surface area contributed by atoms with Gasteiger partial charge in [-0.05, 0) is 18.2 Å². The number of piperazine rings is 1. The molecule has 0 aromatic heterocycles. The zero-order valence-corrected chi connectivity index (χ0v) is 9.35. The predicted molar refractivity (Wildman–Crippen MR) is 57.6 cm³/mol. The van der Waals surface area contributed by atoms with Crippen molar-refractivity contribution in [2.24, 2.45) is 0 Å². The van der Waals surface area contributed by atoms with Crippen LogP contribution in [0.15, 0.2) is 24.3 Å². The summed E-state index contributed by atoms with van der Waals surface area (Å²) in [6.45, 7) is 4.26. The van der Waals surface area contributed by atoms with Crippen molar-refractivity contribution < 1.29 is 13.8 Å². The van der Waals surface area contributed by atoms with E-state index in [-0.39, 0.29) is 13.8 Å². The number of nitrogens with zero attached hydrogens (tertiary/aromatic N) is 1. The standard InChI is InChI=1S/C10H13ClN2.ClH/c11-9-2-1-3-10(8-9)13-6-4-12-5-7-13;/h1-3,8,12H,4-7H2;1H. The zero-order valence-electron chi connectivity index (χ0n) is 8.84. The van der Waals surface area contributed by atoms with E-state index in [1.54, 1.807) is 0 Å². The van der Waals surface area contributed by atoms with Crippen molar-refractivity contribution in [2.45, 2.75) is 0 Å². The van der Waals surface area contributed by atoms with Crippen LogP contribution in [0.3, 0.4) is 0 Å². The molecule has 1 aromatic carbocycles. The van der Waals surface area contributed by atoms with Crippen molar-refractivity contribution in [1.29, 1.82) is 0 Å². The van der Waals surface area contributed by atoms with Gasteiger partial charge in [-0.15, -0.1) is 0 Å². The number of hydrogen-bond acceptors (Lipinski definition) is 2. The molecule has 1 aliphatic rings. The summed E-state index contributed by atoms with van der Waals surface area (Å²) >= 11 is 5.92. The maximum absolute atomic E-state index is 5.92. The smallest absolute Gasteiger partial charge is 1.00 e. The van der Waals surface area contributed by atoms with Crippen molar-refractivity contribution in [3.8, 4) is 0 Å². The Morgan fingerprint density at radius 3 is 2.64 bits per heavy atom. The van der Waals surface area contributed by atoms with Crippen LogP contribution >= 0.6 is 11.6 Å². The first-order chi connectivity index (χ1) is 6.36. The maximum Gasteiger partial charge on any atom is 1.00 e. The molecular weight excluding hydrogens is 219 g/mol. The van der Waals surface area contributed by atoms with Gasteiger partial charge < -0.3 is 22.6 Å². The Morgan fingerprint density at radius 1 is 1.29 bits per heavy atom. The van der Waals surface area contributed by atoms with Gasteiger partial charge in [-0.2, -0.15) is 0 Å². The SMILES string of the molecule is Clc1cccc(N2CCNCC2)c1.[Cl-].[H+]. The third kappa shape index (κ3) is 2.77. The van der Waals surface area contributed by atoms with Crippen LogP contribution in [0.4, 0.5) is 5.69 Å². The van der Waals surface area contributed by atoms with E-state index in [9.17, 15) is 0 Å². The quantitative estimate of drug-likeness (QED) is 0.660. The molecule has 0 bridgehead atoms. The largest absolute Gasteiger partial charge is 1.00 e. The van der Waals surface area contributed by atoms with E-state index < -0.39 is 0 Å². The topological polar surface area (TPSA) is 15.3 Å². The highest BCUT2D eigenvalue weighted by Crippen LogP contribution is 2.19. The Morgan fingerprint density at radius 2 is 2.00 bits per heavy atom. The van der Waals surface area contributed by atoms with E-state index >= 15 is 0 Å². The minimum Gasteiger partial charge on any atom is -1.00 e. The van der Waals surface area contributed by atoms with Crippen LogP contribution in [0.25, 0.3) is 0 Å². The van der Waals surface area contributed by atoms with Crippen molar-refractivity contribution in [1.82, 2.24) is 5.32 Å². The van der Waals surface area contributed by atoms with Gasteiger partial charge in [0.2, 0.25) is 0 Å². The first-order valence-corrected chi connectivity index (χ1v) is 4.95. The third-order valence-corrected chi connectivity index (χ3v) is 2.53. The fraction of sp³-hybridized carbons (Fsp3) is 0.400. The minimum atomic E-state index is 0. The third-order valence-electron chi connectivity index (χ3n) is 2.29. The summed E-state index contributed by atoms with van der Waals surface area (Å²) in [7, 11) is 0. The van der Waals surface area contributed by atoms with Crippen LogP contribution in [0.1, 0.15) is 1.43 Å². The summed E-state index contributed by atoms with van der Waals surface area (Å²) in [6.07, 6.45) is 0. The Kier molecular flexibility index (Phi) is 4.52. The number of benzene rings is 1. The Labute approximate surface area is 97.1 Å². The Bertz CT molecular complexity index is 291. The van der Waals surface area contributed by atoms with E-state index in [2.05, 4.69) is 16.3 Å². The van der Waals surface area contributed by atoms with Gasteiger partial charge in [0.15, 0.2) is 0 Å². The lowest BCUT2D eigenvalue weighted by Gasteiger charge is -2.29. The minimum absolute atomic E-state index is 0. The van der Waals surface area contributed by atoms with E-state index in [0.717, 1.165) is 31.2 Å². The lowest BCUT2D eigenvalue weighted by Crippen LogP contribution is -3.00. The van der Waals surface area contributed by atoms with Gasteiger partial charge in [0.05, 0.1) is 0 Å². The maximum atomic E-state index is 5.92. The Balaban J connectivity index is 0.000000980. The summed E-state index contributed by atoms with van der Waals surface area (Å²) in [5.41, 5.74) is 1.23. The normalized spacial score (nSPS) is 16.2. The second-order valence-electron chi connectivity index (χ2n) is 3.22. The molecule has 1 aromatic rings. The molecule has 1 aliphatic heterocycles. The summed E-state index contributed by atoms with van der Waals surface area (Å²) in [4.78, 5) is 2.35. The highest BCUT2D eigenvalue weighted by Gasteiger charge is 2.09. The number of nitrogens with one attached hydrogen (secondary N) is 1. The van der Waals surface area contributed by atoms with Gasteiger partial charge in [0.1, 0.15) is 0 Å². The molecule has 0 saturated carbocycles. The number of anilines is 1. The van der Waals surface area contributed by atoms with Crippen molar-refractivity contribution in [2.75, 3.05) is 31.1 Å². The molecule has 0 radical (unpaired) electrons. The Hall–Kier alpha value is -0.440. The predicted octanol–water partition coefficient (Wildman–Crippen LogP) is -1.13. The lowest BCUT2D eigenvalue weighted by atomic mass is 10.2. The highest BCUT2D eigenvalue weighted by atomic mass is 35.5. The second-order valence-corrected chi connectivity index (χ2v) is 3.65. The van der Waals surface area contributed by atoms with E-state index in [0.29, 0.717) is 0 Å². The monoisotopic (exact) mass is 232 g/mol. The molecule has 2 nitrogen and oxygen atoms in total. The van der Waals surface area contributed by atoms with Crippen LogP contribution < -0.4 is 22.6 Å². The van der Waals surface area contributed by atoms with Gasteiger partial charge in [-0.3, -0.25) is 0 Å². The summed E-state index contributed by atoms with van der Waals surface area (Å²) in [5, 5.41) is 4.14. The summed E-state index contributed by atoms with van der Waals surface area (Å²) in [5.74, 6) is 0. The lowest BCUT2D eigenvalue weighted by molar-refractivity contribution is -0.00000254. The molecule has 0 amide bonds. The number of rotatable bonds is 1. The molecule has 1 N–H and O–H groups in total. The first kappa shape index (κ1) is 11.6. The van der Waals surface area contributed by atoms with Crippen LogP contribution in [-0.2, 0) is 0 Å². The molecule has 0 spiro atoms. The molecule has 14 heavy (non-hydrogen) atoms. The zero-order chi connectivity index (χ0) is 9.10. The fourth-order valence-corrected chi connectivity index (χ4v) is 1.78. The highest BCUT2D eigenvalue weighted by molar-refractivity contribution is 6.30. The van der Waals surface area contributed by atoms with Crippen LogP contribution in [0.5, 0.6) is 0 Å². The van der Waals surface area contributed by atoms with Crippen LogP contribution in [-0.4, -0.2) is 26.2 Å². The molecule has 0 atom stereocenters. The molecule has 0 aliphatic carbocycles. The summed E-state index contributed by atoms with van der Waals surface area (Å²) in [6, 6.07) is 8.04. The van der Waals surface area contributed by atoms with Gasteiger partial charge in [0.25, 0.3) is 0 Å². The molecule has 2 rings (SSSR count). The van der Waals surface area contributed by atoms with Crippen molar-refractivity contribution in [3.63, 3.8) is 0 Å². The molecule has 4 heteroatoms. The molecule has 1 fully saturated rings. The van der Waals surface area contributed by atoms with Gasteiger partial charge in [-0.1, -0.05) is 17.7 Å². The van der Waals surface area contributed by atoms with Crippen molar-refractivity contribution in [3.05, 3.63) is 29.3 Å². The molecule has 1 saturated heterocycles. The van der Waals surface area contributed by atoms with E-state index in [1.165, 1.54) is 5.69 Å². The fourth-order valence-electron chi connectivity index (χ4n) is 1.60. The molecular formula is C10H14Cl2N2. The average Bonchev–Trinajstić information content (AvgIpc) is 2.19. The number of halogens is 2. The number of hydrogen-bond donors (Lipinski definition) is 1. The first-order valence-electron chi connectivity index (χ1n) is 4.57. The van der Waals surface area contributed by atoms with Gasteiger partial charge >= 0.3 is 1.43 Å². The average molecular weight is 233 g/mol. The van der Waals surface area contributed by atoms with Gasteiger partial charge in [0, 0.05) is 36.9 Å². The second kappa shape index (κ2) is 5.44. The van der Waals surface area contributed by atoms with Crippen LogP contribution in [0, 0.1) is 0 Å². The van der Waals surface area contributed by atoms with E-state index in [4.69, 9.17) is 11.6 Å². The summed E-state index contributed by atoms with van der Waals surface area (Å²) < 4.78 is 0. The molecule has 1 heterocycles. The van der Waals surface area contributed by atoms with Crippen LogP contribution in [0.2, 0.25) is 5.02 Å². The van der Waals surface area contributed by atoms with Crippen molar-refractivity contribution >= 4 is 17.3 Å². The van der Waals surface area contributed by atoms with Gasteiger partial charge in [-0.25, -0.2) is 0 Å². The van der Waals surface area contributed by atoms with E-state index in [1.807, 2.05) is 18.2 Å².